The van der Waals surface area contributed by atoms with Crippen molar-refractivity contribution in [3.8, 4) is 0 Å². The van der Waals surface area contributed by atoms with E-state index in [4.69, 9.17) is 4.52 Å². The zero-order chi connectivity index (χ0) is 19.0. The van der Waals surface area contributed by atoms with Crippen molar-refractivity contribution in [2.45, 2.75) is 123 Å². The van der Waals surface area contributed by atoms with Crippen LogP contribution in [0.4, 0.5) is 0 Å². The second kappa shape index (κ2) is 16.3. The van der Waals surface area contributed by atoms with Gasteiger partial charge in [-0.2, -0.15) is 0 Å². The lowest BCUT2D eigenvalue weighted by molar-refractivity contribution is 0.0809. The highest BCUT2D eigenvalue weighted by atomic mass is 31.2. The molecule has 0 spiro atoms. The highest BCUT2D eigenvalue weighted by molar-refractivity contribution is 7.46. The monoisotopic (exact) mass is 378 g/mol. The molecule has 0 rings (SSSR count). The minimum absolute atomic E-state index is 0.207. The Morgan fingerprint density at radius 1 is 0.720 bits per heavy atom. The van der Waals surface area contributed by atoms with E-state index >= 15 is 0 Å². The molecule has 2 atom stereocenters. The lowest BCUT2D eigenvalue weighted by atomic mass is 9.93. The van der Waals surface area contributed by atoms with Crippen molar-refractivity contribution in [2.75, 3.05) is 0 Å². The average molecular weight is 379 g/mol. The van der Waals surface area contributed by atoms with Gasteiger partial charge in [-0.1, -0.05) is 104 Å². The number of rotatable bonds is 18. The summed E-state index contributed by atoms with van der Waals surface area (Å²) in [5, 5.41) is 0. The van der Waals surface area contributed by atoms with Gasteiger partial charge in [0.2, 0.25) is 0 Å². The van der Waals surface area contributed by atoms with E-state index in [9.17, 15) is 14.4 Å². The Bertz CT molecular complexity index is 330. The summed E-state index contributed by atoms with van der Waals surface area (Å²) in [5.41, 5.74) is 0. The first-order valence-corrected chi connectivity index (χ1v) is 12.2. The Morgan fingerprint density at radius 3 is 1.60 bits per heavy atom. The fourth-order valence-electron chi connectivity index (χ4n) is 3.35. The molecule has 0 aliphatic heterocycles. The molecule has 0 amide bonds. The molecule has 5 heteroatoms. The molecule has 0 radical (unpaired) electrons. The van der Waals surface area contributed by atoms with Gasteiger partial charge in [0.25, 0.3) is 0 Å². The van der Waals surface area contributed by atoms with Crippen molar-refractivity contribution in [3.05, 3.63) is 0 Å². The van der Waals surface area contributed by atoms with E-state index < -0.39 is 7.82 Å². The minimum Gasteiger partial charge on any atom is -0.303 e. The minimum atomic E-state index is -4.40. The Kier molecular flexibility index (Phi) is 16.4. The van der Waals surface area contributed by atoms with Crippen molar-refractivity contribution in [1.82, 2.24) is 0 Å². The van der Waals surface area contributed by atoms with Crippen LogP contribution in [0.3, 0.4) is 0 Å². The number of phosphoric ester groups is 1. The summed E-state index contributed by atoms with van der Waals surface area (Å²) in [6.07, 6.45) is 17.5. The first kappa shape index (κ1) is 25.1. The van der Waals surface area contributed by atoms with Gasteiger partial charge in [-0.15, -0.1) is 0 Å². The fraction of sp³-hybridized carbons (Fsp3) is 1.00. The van der Waals surface area contributed by atoms with Gasteiger partial charge in [0.1, 0.15) is 0 Å². The van der Waals surface area contributed by atoms with E-state index in [0.717, 1.165) is 32.1 Å². The summed E-state index contributed by atoms with van der Waals surface area (Å²) < 4.78 is 16.4. The first-order chi connectivity index (χ1) is 11.9. The van der Waals surface area contributed by atoms with Gasteiger partial charge in [-0.25, -0.2) is 4.57 Å². The second-order valence-corrected chi connectivity index (χ2v) is 8.77. The van der Waals surface area contributed by atoms with Crippen LogP contribution in [-0.2, 0) is 9.09 Å². The lowest BCUT2D eigenvalue weighted by Gasteiger charge is -2.24. The van der Waals surface area contributed by atoms with Crippen LogP contribution in [0.2, 0.25) is 0 Å². The summed E-state index contributed by atoms with van der Waals surface area (Å²) in [6.45, 7) is 6.49. The smallest absolute Gasteiger partial charge is 0.303 e. The quantitative estimate of drug-likeness (QED) is 0.199. The molecule has 2 N–H and O–H groups in total. The van der Waals surface area contributed by atoms with E-state index in [-0.39, 0.29) is 12.0 Å². The molecule has 0 aliphatic carbocycles. The molecular weight excluding hydrogens is 335 g/mol. The van der Waals surface area contributed by atoms with Crippen LogP contribution in [-0.4, -0.2) is 15.9 Å². The van der Waals surface area contributed by atoms with Crippen molar-refractivity contribution in [1.29, 1.82) is 0 Å². The van der Waals surface area contributed by atoms with Gasteiger partial charge in [-0.3, -0.25) is 4.52 Å². The van der Waals surface area contributed by atoms with Crippen molar-refractivity contribution in [3.63, 3.8) is 0 Å². The molecule has 152 valence electrons. The molecule has 0 aromatic carbocycles. The average Bonchev–Trinajstić information content (AvgIpc) is 2.55. The predicted molar refractivity (Wildman–Crippen MR) is 107 cm³/mol. The number of hydrogen-bond acceptors (Lipinski definition) is 2. The molecular formula is C20H43O4P. The molecule has 0 bridgehead atoms. The SMILES string of the molecule is CCCCCCCCCCCC(OP(=O)(O)O)C(C)CCCCCC. The molecule has 0 fully saturated rings. The third kappa shape index (κ3) is 17.3. The van der Waals surface area contributed by atoms with E-state index in [1.165, 1.54) is 64.2 Å². The standard InChI is InChI=1S/C20H43O4P/c1-4-6-8-10-11-12-13-14-16-18-20(24-25(21,22)23)19(3)17-15-9-7-5-2/h19-20H,4-18H2,1-3H3,(H2,21,22,23). The normalized spacial score (nSPS) is 14.6. The van der Waals surface area contributed by atoms with Crippen molar-refractivity contribution >= 4 is 7.82 Å². The number of hydrogen-bond donors (Lipinski definition) is 2. The van der Waals surface area contributed by atoms with Gasteiger partial charge < -0.3 is 9.79 Å². The van der Waals surface area contributed by atoms with Gasteiger partial charge >= 0.3 is 7.82 Å². The van der Waals surface area contributed by atoms with Crippen LogP contribution in [0.5, 0.6) is 0 Å². The highest BCUT2D eigenvalue weighted by Crippen LogP contribution is 2.41. The number of unbranched alkanes of at least 4 members (excludes halogenated alkanes) is 11. The maximum Gasteiger partial charge on any atom is 0.469 e. The van der Waals surface area contributed by atoms with Crippen molar-refractivity contribution < 1.29 is 18.9 Å². The molecule has 0 aliphatic rings. The van der Waals surface area contributed by atoms with Crippen LogP contribution in [0.25, 0.3) is 0 Å². The second-order valence-electron chi connectivity index (χ2n) is 7.58. The maximum atomic E-state index is 11.3. The van der Waals surface area contributed by atoms with Crippen LogP contribution in [0, 0.1) is 5.92 Å². The summed E-state index contributed by atoms with van der Waals surface area (Å²) in [5.74, 6) is 0.207. The fourth-order valence-corrected chi connectivity index (χ4v) is 4.02. The Labute approximate surface area is 156 Å². The Morgan fingerprint density at radius 2 is 1.12 bits per heavy atom. The zero-order valence-corrected chi connectivity index (χ0v) is 17.8. The molecule has 0 aromatic heterocycles. The van der Waals surface area contributed by atoms with Crippen LogP contribution >= 0.6 is 7.82 Å². The van der Waals surface area contributed by atoms with E-state index in [1.807, 2.05) is 0 Å². The summed E-state index contributed by atoms with van der Waals surface area (Å²) in [4.78, 5) is 18.4. The molecule has 0 saturated heterocycles. The Hall–Kier alpha value is 0.110. The third-order valence-corrected chi connectivity index (χ3v) is 5.56. The summed E-state index contributed by atoms with van der Waals surface area (Å²) in [6, 6.07) is 0. The van der Waals surface area contributed by atoms with Crippen molar-refractivity contribution in [2.24, 2.45) is 5.92 Å². The van der Waals surface area contributed by atoms with Gasteiger partial charge in [-0.05, 0) is 18.8 Å². The molecule has 4 nitrogen and oxygen atoms in total. The summed E-state index contributed by atoms with van der Waals surface area (Å²) >= 11 is 0. The third-order valence-electron chi connectivity index (χ3n) is 5.01. The van der Waals surface area contributed by atoms with Crippen LogP contribution < -0.4 is 0 Å². The first-order valence-electron chi connectivity index (χ1n) is 10.6. The van der Waals surface area contributed by atoms with Crippen LogP contribution in [0.15, 0.2) is 0 Å². The maximum absolute atomic E-state index is 11.3. The molecule has 25 heavy (non-hydrogen) atoms. The van der Waals surface area contributed by atoms with Gasteiger partial charge in [0, 0.05) is 0 Å². The molecule has 0 aromatic rings. The molecule has 0 heterocycles. The van der Waals surface area contributed by atoms with E-state index in [2.05, 4.69) is 20.8 Å². The van der Waals surface area contributed by atoms with Gasteiger partial charge in [0.05, 0.1) is 6.10 Å². The van der Waals surface area contributed by atoms with E-state index in [0.29, 0.717) is 0 Å². The van der Waals surface area contributed by atoms with Crippen LogP contribution in [0.1, 0.15) is 117 Å². The summed E-state index contributed by atoms with van der Waals surface area (Å²) in [7, 11) is -4.40. The topological polar surface area (TPSA) is 66.8 Å². The highest BCUT2D eigenvalue weighted by Gasteiger charge is 2.26. The largest absolute Gasteiger partial charge is 0.469 e. The zero-order valence-electron chi connectivity index (χ0n) is 16.9. The molecule has 2 unspecified atom stereocenters. The molecule has 0 saturated carbocycles. The number of phosphoric acid groups is 1. The predicted octanol–water partition coefficient (Wildman–Crippen LogP) is 6.99. The Balaban J connectivity index is 3.96. The van der Waals surface area contributed by atoms with E-state index in [1.54, 1.807) is 0 Å². The van der Waals surface area contributed by atoms with Gasteiger partial charge in [0.15, 0.2) is 0 Å². The lowest BCUT2D eigenvalue weighted by Crippen LogP contribution is -2.21.